The molecule has 352 valence electrons. The predicted octanol–water partition coefficient (Wildman–Crippen LogP) is 7.21. The van der Waals surface area contributed by atoms with Crippen molar-refractivity contribution in [2.45, 2.75) is 107 Å². The maximum Gasteiger partial charge on any atom is 0.251 e. The number of rotatable bonds is 15. The number of benzene rings is 3. The highest BCUT2D eigenvalue weighted by Crippen LogP contribution is 2.39. The number of hydrogen-bond donors (Lipinski definition) is 4. The number of anilines is 5. The number of piperidine rings is 3. The number of nitrogens with zero attached hydrogens (tertiary/aromatic N) is 5. The first-order chi connectivity index (χ1) is 31.6. The second-order valence-corrected chi connectivity index (χ2v) is 21.6. The Morgan fingerprint density at radius 1 is 0.909 bits per heavy atom. The molecule has 0 spiro atoms. The van der Waals surface area contributed by atoms with Crippen molar-refractivity contribution in [2.75, 3.05) is 61.3 Å². The zero-order chi connectivity index (χ0) is 46.7. The number of sulfone groups is 1. The summed E-state index contributed by atoms with van der Waals surface area (Å²) >= 11 is 6.54. The molecule has 4 fully saturated rings. The summed E-state index contributed by atoms with van der Waals surface area (Å²) in [5, 5.41) is 11.2. The van der Waals surface area contributed by atoms with Crippen LogP contribution in [0.15, 0.2) is 71.8 Å². The van der Waals surface area contributed by atoms with E-state index in [-0.39, 0.29) is 40.1 Å². The van der Waals surface area contributed by atoms with Crippen molar-refractivity contribution in [3.63, 3.8) is 0 Å². The van der Waals surface area contributed by atoms with Crippen LogP contribution in [0.5, 0.6) is 5.75 Å². The second kappa shape index (κ2) is 20.3. The monoisotopic (exact) mass is 939 g/mol. The van der Waals surface area contributed by atoms with Gasteiger partial charge in [-0.2, -0.15) is 4.98 Å². The molecule has 0 aliphatic carbocycles. The van der Waals surface area contributed by atoms with Gasteiger partial charge in [0.1, 0.15) is 16.8 Å². The molecule has 0 radical (unpaired) electrons. The highest BCUT2D eigenvalue weighted by Gasteiger charge is 2.36. The summed E-state index contributed by atoms with van der Waals surface area (Å²) in [6, 6.07) is 18.5. The topological polar surface area (TPSA) is 178 Å². The van der Waals surface area contributed by atoms with Crippen LogP contribution in [0.1, 0.15) is 93.6 Å². The highest BCUT2D eigenvalue weighted by atomic mass is 35.5. The number of carbonyl (C=O) groups excluding carboxylic acids is 3. The number of carbonyl (C=O) groups is 3. The molecule has 17 heteroatoms. The molecule has 3 aromatic carbocycles. The van der Waals surface area contributed by atoms with Gasteiger partial charge in [0.05, 0.1) is 33.8 Å². The summed E-state index contributed by atoms with van der Waals surface area (Å²) in [7, 11) is -3.57. The number of nitrogens with one attached hydrogen (secondary N) is 4. The summed E-state index contributed by atoms with van der Waals surface area (Å²) in [6.07, 6.45) is 6.40. The molecule has 4 saturated heterocycles. The molecule has 0 saturated carbocycles. The number of likely N-dealkylation sites (tertiary alicyclic amines) is 2. The zero-order valence-corrected chi connectivity index (χ0v) is 40.1. The molecule has 0 bridgehead atoms. The lowest BCUT2D eigenvalue weighted by Gasteiger charge is -2.49. The van der Waals surface area contributed by atoms with Gasteiger partial charge in [0, 0.05) is 56.4 Å². The third kappa shape index (κ3) is 10.9. The first-order valence-electron chi connectivity index (χ1n) is 23.3. The van der Waals surface area contributed by atoms with Crippen LogP contribution in [-0.2, 0) is 19.4 Å². The molecule has 1 aromatic heterocycles. The second-order valence-electron chi connectivity index (χ2n) is 18.7. The smallest absolute Gasteiger partial charge is 0.251 e. The minimum atomic E-state index is -3.57. The minimum Gasteiger partial charge on any atom is -0.489 e. The largest absolute Gasteiger partial charge is 0.489 e. The number of aryl methyl sites for hydroxylation is 1. The summed E-state index contributed by atoms with van der Waals surface area (Å²) < 4.78 is 32.6. The minimum absolute atomic E-state index is 0.0607. The van der Waals surface area contributed by atoms with E-state index in [9.17, 15) is 22.8 Å². The van der Waals surface area contributed by atoms with Crippen LogP contribution in [-0.4, -0.2) is 115 Å². The third-order valence-corrected chi connectivity index (χ3v) is 15.9. The van der Waals surface area contributed by atoms with Gasteiger partial charge in [0.25, 0.3) is 5.91 Å². The number of ether oxygens (including phenoxy) is 1. The number of amides is 3. The van der Waals surface area contributed by atoms with Crippen LogP contribution in [0.4, 0.5) is 28.8 Å². The van der Waals surface area contributed by atoms with Crippen LogP contribution in [0, 0.1) is 12.8 Å². The Morgan fingerprint density at radius 2 is 1.62 bits per heavy atom. The van der Waals surface area contributed by atoms with Crippen molar-refractivity contribution < 1.29 is 27.5 Å². The van der Waals surface area contributed by atoms with E-state index >= 15 is 0 Å². The highest BCUT2D eigenvalue weighted by molar-refractivity contribution is 7.92. The van der Waals surface area contributed by atoms with Gasteiger partial charge < -0.3 is 25.6 Å². The van der Waals surface area contributed by atoms with E-state index in [0.29, 0.717) is 41.5 Å². The molecular formula is C49H62ClN9O6S. The van der Waals surface area contributed by atoms with Crippen molar-refractivity contribution in [1.29, 1.82) is 0 Å². The van der Waals surface area contributed by atoms with E-state index in [1.54, 1.807) is 38.1 Å². The van der Waals surface area contributed by atoms with E-state index in [1.807, 2.05) is 38.1 Å². The molecule has 66 heavy (non-hydrogen) atoms. The quantitative estimate of drug-likeness (QED) is 0.0881. The van der Waals surface area contributed by atoms with Gasteiger partial charge in [-0.05, 0) is 151 Å². The molecule has 4 aliphatic heterocycles. The Morgan fingerprint density at radius 3 is 2.30 bits per heavy atom. The van der Waals surface area contributed by atoms with Gasteiger partial charge in [0.2, 0.25) is 17.8 Å². The van der Waals surface area contributed by atoms with E-state index < -0.39 is 27.0 Å². The molecule has 4 aromatic rings. The van der Waals surface area contributed by atoms with Crippen molar-refractivity contribution in [2.24, 2.45) is 5.92 Å². The Kier molecular flexibility index (Phi) is 14.5. The summed E-state index contributed by atoms with van der Waals surface area (Å²) in [5.41, 5.74) is 5.19. The van der Waals surface area contributed by atoms with Gasteiger partial charge >= 0.3 is 0 Å². The van der Waals surface area contributed by atoms with Crippen LogP contribution < -0.4 is 30.9 Å². The third-order valence-electron chi connectivity index (χ3n) is 13.4. The Labute approximate surface area is 393 Å². The SMILES string of the molecule is Cc1cc(Nc2ncc(Cl)c(Nc3ccccc3S(=O)(=O)C(C)C)n2)c(OC(C)C)cc1C1CCN(C2CN(CC3CCN(c4ccc(C(=O)NC5CCC(=O)NC5=O)cc4)CC3)C2)CC1. The average molecular weight is 941 g/mol. The normalized spacial score (nSPS) is 19.5. The van der Waals surface area contributed by atoms with Crippen molar-refractivity contribution in [1.82, 2.24) is 30.4 Å². The van der Waals surface area contributed by atoms with E-state index in [2.05, 4.69) is 65.0 Å². The van der Waals surface area contributed by atoms with E-state index in [0.717, 1.165) is 88.6 Å². The number of halogens is 1. The summed E-state index contributed by atoms with van der Waals surface area (Å²) in [6.45, 7) is 16.9. The van der Waals surface area contributed by atoms with Crippen LogP contribution in [0.2, 0.25) is 5.02 Å². The van der Waals surface area contributed by atoms with Gasteiger partial charge in [0.15, 0.2) is 15.7 Å². The number of hydrogen-bond acceptors (Lipinski definition) is 13. The summed E-state index contributed by atoms with van der Waals surface area (Å²) in [5.74, 6) is 1.31. The fourth-order valence-electron chi connectivity index (χ4n) is 9.56. The van der Waals surface area contributed by atoms with Gasteiger partial charge in [-0.25, -0.2) is 13.4 Å². The Hall–Kier alpha value is -5.29. The molecule has 5 heterocycles. The first-order valence-corrected chi connectivity index (χ1v) is 25.2. The van der Waals surface area contributed by atoms with E-state index in [1.165, 1.54) is 17.3 Å². The molecule has 1 unspecified atom stereocenters. The van der Waals surface area contributed by atoms with E-state index in [4.69, 9.17) is 16.3 Å². The van der Waals surface area contributed by atoms with Gasteiger partial charge in [-0.1, -0.05) is 23.7 Å². The molecule has 3 amide bonds. The average Bonchev–Trinajstić information content (AvgIpc) is 3.28. The Balaban J connectivity index is 0.807. The van der Waals surface area contributed by atoms with Crippen LogP contribution in [0.3, 0.4) is 0 Å². The standard InChI is InChI=1S/C49H62ClN9O6S/c1-30(2)65-43-25-38(32(5)24-42(43)54-49-51-26-39(50)46(56-49)52-40-8-6-7-9-44(40)66(63,64)31(3)4)34-18-22-59(23-19-34)37-28-57(29-37)27-33-16-20-58(21-17-33)36-12-10-35(11-13-36)47(61)53-41-14-15-45(60)55-48(41)62/h6-13,24-26,30-31,33-34,37,41H,14-23,27-29H2,1-5H3,(H,53,61)(H,55,60,62)(H2,51,52,54,56). The van der Waals surface area contributed by atoms with Crippen LogP contribution >= 0.6 is 11.6 Å². The molecule has 8 rings (SSSR count). The maximum atomic E-state index is 13.1. The first kappa shape index (κ1) is 47.2. The molecular weight excluding hydrogens is 878 g/mol. The van der Waals surface area contributed by atoms with Crippen molar-refractivity contribution in [3.8, 4) is 5.75 Å². The lowest BCUT2D eigenvalue weighted by molar-refractivity contribution is -0.134. The number of aromatic nitrogens is 2. The van der Waals surface area contributed by atoms with Crippen molar-refractivity contribution in [3.05, 3.63) is 88.6 Å². The summed E-state index contributed by atoms with van der Waals surface area (Å²) in [4.78, 5) is 53.3. The lowest BCUT2D eigenvalue weighted by Crippen LogP contribution is -2.61. The van der Waals surface area contributed by atoms with Crippen LogP contribution in [0.25, 0.3) is 0 Å². The molecule has 15 nitrogen and oxygen atoms in total. The maximum absolute atomic E-state index is 13.1. The van der Waals surface area contributed by atoms with Gasteiger partial charge in [-0.3, -0.25) is 29.5 Å². The fraction of sp³-hybridized carbons (Fsp3) is 0.490. The number of para-hydroxylation sites is 1. The van der Waals surface area contributed by atoms with Crippen molar-refractivity contribution >= 4 is 68.0 Å². The molecule has 4 N–H and O–H groups in total. The fourth-order valence-corrected chi connectivity index (χ4v) is 10.9. The Bertz CT molecular complexity index is 2520. The zero-order valence-electron chi connectivity index (χ0n) is 38.5. The molecule has 4 aliphatic rings. The lowest BCUT2D eigenvalue weighted by atomic mass is 9.85. The predicted molar refractivity (Wildman–Crippen MR) is 258 cm³/mol. The van der Waals surface area contributed by atoms with Gasteiger partial charge in [-0.15, -0.1) is 0 Å². The molecule has 1 atom stereocenters. The number of imide groups is 1.